The van der Waals surface area contributed by atoms with Crippen LogP contribution in [0.3, 0.4) is 0 Å². The van der Waals surface area contributed by atoms with Gasteiger partial charge in [0.15, 0.2) is 11.0 Å². The van der Waals surface area contributed by atoms with Crippen molar-refractivity contribution in [3.8, 4) is 0 Å². The number of nitrogens with one attached hydrogen (secondary N) is 2. The smallest absolute Gasteiger partial charge is 0.251 e. The van der Waals surface area contributed by atoms with Gasteiger partial charge in [-0.3, -0.25) is 9.59 Å². The molecule has 0 saturated carbocycles. The molecule has 3 aromatic rings. The van der Waals surface area contributed by atoms with E-state index in [1.54, 1.807) is 23.7 Å². The van der Waals surface area contributed by atoms with Crippen molar-refractivity contribution < 1.29 is 9.59 Å². The van der Waals surface area contributed by atoms with Gasteiger partial charge in [-0.15, -0.1) is 10.2 Å². The van der Waals surface area contributed by atoms with Crippen LogP contribution in [0.2, 0.25) is 10.0 Å². The first-order chi connectivity index (χ1) is 14.7. The predicted octanol–water partition coefficient (Wildman–Crippen LogP) is 4.40. The summed E-state index contributed by atoms with van der Waals surface area (Å²) in [5.74, 6) is 0.318. The first kappa shape index (κ1) is 23.1. The summed E-state index contributed by atoms with van der Waals surface area (Å²) in [7, 11) is 1.78. The molecule has 2 amide bonds. The highest BCUT2D eigenvalue weighted by atomic mass is 35.5. The maximum Gasteiger partial charge on any atom is 0.251 e. The van der Waals surface area contributed by atoms with Gasteiger partial charge in [0.25, 0.3) is 5.91 Å². The van der Waals surface area contributed by atoms with Crippen LogP contribution in [0.4, 0.5) is 5.69 Å². The van der Waals surface area contributed by atoms with E-state index in [0.717, 1.165) is 16.8 Å². The van der Waals surface area contributed by atoms with Crippen LogP contribution in [0, 0.1) is 13.8 Å². The maximum absolute atomic E-state index is 12.3. The zero-order valence-corrected chi connectivity index (χ0v) is 19.5. The normalized spacial score (nSPS) is 10.7. The molecule has 0 spiro atoms. The number of halogens is 2. The molecule has 162 valence electrons. The molecule has 1 heterocycles. The van der Waals surface area contributed by atoms with Crippen molar-refractivity contribution in [2.24, 2.45) is 7.05 Å². The summed E-state index contributed by atoms with van der Waals surface area (Å²) in [5, 5.41) is 15.2. The molecule has 0 aliphatic carbocycles. The van der Waals surface area contributed by atoms with E-state index in [-0.39, 0.29) is 24.1 Å². The number of rotatable bonds is 7. The average molecular weight is 478 g/mol. The summed E-state index contributed by atoms with van der Waals surface area (Å²) in [4.78, 5) is 24.6. The first-order valence-corrected chi connectivity index (χ1v) is 11.1. The van der Waals surface area contributed by atoms with Crippen molar-refractivity contribution in [1.82, 2.24) is 20.1 Å². The summed E-state index contributed by atoms with van der Waals surface area (Å²) in [6.07, 6.45) is 0. The van der Waals surface area contributed by atoms with E-state index in [1.165, 1.54) is 17.8 Å². The molecule has 0 bridgehead atoms. The minimum Gasteiger partial charge on any atom is -0.345 e. The SMILES string of the molecule is Cc1ccc(NC(=O)CSc2nnc(CNC(=O)c3ccc(Cl)c(Cl)c3)n2C)c(C)c1. The molecule has 0 aliphatic heterocycles. The summed E-state index contributed by atoms with van der Waals surface area (Å²) >= 11 is 13.1. The third-order valence-electron chi connectivity index (χ3n) is 4.50. The largest absolute Gasteiger partial charge is 0.345 e. The number of thioether (sulfide) groups is 1. The fourth-order valence-electron chi connectivity index (χ4n) is 2.79. The molecular formula is C21H21Cl2N5O2S. The van der Waals surface area contributed by atoms with Gasteiger partial charge in [0.05, 0.1) is 22.3 Å². The van der Waals surface area contributed by atoms with Crippen LogP contribution in [0.15, 0.2) is 41.6 Å². The van der Waals surface area contributed by atoms with Gasteiger partial charge in [-0.1, -0.05) is 52.7 Å². The van der Waals surface area contributed by atoms with Crippen molar-refractivity contribution in [1.29, 1.82) is 0 Å². The van der Waals surface area contributed by atoms with E-state index in [0.29, 0.717) is 26.6 Å². The lowest BCUT2D eigenvalue weighted by Crippen LogP contribution is -2.24. The molecule has 0 saturated heterocycles. The van der Waals surface area contributed by atoms with Crippen LogP contribution in [-0.4, -0.2) is 32.3 Å². The molecule has 3 rings (SSSR count). The van der Waals surface area contributed by atoms with E-state index in [9.17, 15) is 9.59 Å². The summed E-state index contributed by atoms with van der Waals surface area (Å²) in [5.41, 5.74) is 3.34. The number of anilines is 1. The van der Waals surface area contributed by atoms with E-state index < -0.39 is 0 Å². The van der Waals surface area contributed by atoms with E-state index >= 15 is 0 Å². The van der Waals surface area contributed by atoms with Gasteiger partial charge in [0, 0.05) is 18.3 Å². The number of amides is 2. The molecule has 0 fully saturated rings. The fourth-order valence-corrected chi connectivity index (χ4v) is 3.82. The Labute approximate surface area is 194 Å². The first-order valence-electron chi connectivity index (χ1n) is 9.36. The van der Waals surface area contributed by atoms with E-state index in [1.807, 2.05) is 32.0 Å². The average Bonchev–Trinajstić information content (AvgIpc) is 3.08. The van der Waals surface area contributed by atoms with Crippen molar-refractivity contribution in [2.75, 3.05) is 11.1 Å². The van der Waals surface area contributed by atoms with Gasteiger partial charge in [-0.05, 0) is 43.7 Å². The van der Waals surface area contributed by atoms with Crippen LogP contribution >= 0.6 is 35.0 Å². The molecule has 0 aliphatic rings. The number of carbonyl (C=O) groups is 2. The predicted molar refractivity (Wildman–Crippen MR) is 124 cm³/mol. The Kier molecular flexibility index (Phi) is 7.59. The molecule has 2 aromatic carbocycles. The minimum absolute atomic E-state index is 0.130. The Hall–Kier alpha value is -2.55. The van der Waals surface area contributed by atoms with Gasteiger partial charge in [-0.2, -0.15) is 0 Å². The summed E-state index contributed by atoms with van der Waals surface area (Å²) in [6.45, 7) is 4.14. The molecule has 1 aromatic heterocycles. The number of hydrogen-bond acceptors (Lipinski definition) is 5. The Morgan fingerprint density at radius 1 is 1.06 bits per heavy atom. The molecule has 2 N–H and O–H groups in total. The number of aromatic nitrogens is 3. The summed E-state index contributed by atoms with van der Waals surface area (Å²) in [6, 6.07) is 10.5. The third-order valence-corrected chi connectivity index (χ3v) is 6.26. The van der Waals surface area contributed by atoms with E-state index in [4.69, 9.17) is 23.2 Å². The van der Waals surface area contributed by atoms with E-state index in [2.05, 4.69) is 20.8 Å². The maximum atomic E-state index is 12.3. The topological polar surface area (TPSA) is 88.9 Å². The number of aryl methyl sites for hydroxylation is 2. The number of benzene rings is 2. The van der Waals surface area contributed by atoms with Crippen molar-refractivity contribution in [3.05, 3.63) is 69.0 Å². The second kappa shape index (κ2) is 10.2. The number of hydrogen-bond donors (Lipinski definition) is 2. The molecule has 31 heavy (non-hydrogen) atoms. The summed E-state index contributed by atoms with van der Waals surface area (Å²) < 4.78 is 1.74. The Balaban J connectivity index is 1.54. The second-order valence-corrected chi connectivity index (χ2v) is 8.68. The third kappa shape index (κ3) is 6.00. The van der Waals surface area contributed by atoms with Gasteiger partial charge in [-0.25, -0.2) is 0 Å². The molecule has 10 heteroatoms. The molecular weight excluding hydrogens is 457 g/mol. The van der Waals surface area contributed by atoms with Gasteiger partial charge in [0.1, 0.15) is 0 Å². The zero-order valence-electron chi connectivity index (χ0n) is 17.2. The monoisotopic (exact) mass is 477 g/mol. The van der Waals surface area contributed by atoms with Crippen molar-refractivity contribution in [2.45, 2.75) is 25.5 Å². The lowest BCUT2D eigenvalue weighted by atomic mass is 10.1. The van der Waals surface area contributed by atoms with Crippen LogP contribution in [0.25, 0.3) is 0 Å². The number of carbonyl (C=O) groups excluding carboxylic acids is 2. The van der Waals surface area contributed by atoms with Crippen molar-refractivity contribution >= 4 is 52.5 Å². The highest BCUT2D eigenvalue weighted by molar-refractivity contribution is 7.99. The second-order valence-electron chi connectivity index (χ2n) is 6.92. The Morgan fingerprint density at radius 3 is 2.55 bits per heavy atom. The van der Waals surface area contributed by atoms with Crippen molar-refractivity contribution in [3.63, 3.8) is 0 Å². The van der Waals surface area contributed by atoms with Crippen LogP contribution in [-0.2, 0) is 18.4 Å². The molecule has 0 atom stereocenters. The number of nitrogens with zero attached hydrogens (tertiary/aromatic N) is 3. The highest BCUT2D eigenvalue weighted by Crippen LogP contribution is 2.23. The van der Waals surface area contributed by atoms with Crippen LogP contribution in [0.5, 0.6) is 0 Å². The molecule has 7 nitrogen and oxygen atoms in total. The standard InChI is InChI=1S/C21H21Cl2N5O2S/c1-12-4-7-17(13(2)8-12)25-19(29)11-31-21-27-26-18(28(21)3)10-24-20(30)14-5-6-15(22)16(23)9-14/h4-9H,10-11H2,1-3H3,(H,24,30)(H,25,29). The molecule has 0 unspecified atom stereocenters. The Bertz CT molecular complexity index is 1130. The minimum atomic E-state index is -0.302. The lowest BCUT2D eigenvalue weighted by Gasteiger charge is -2.09. The van der Waals surface area contributed by atoms with Crippen LogP contribution < -0.4 is 10.6 Å². The highest BCUT2D eigenvalue weighted by Gasteiger charge is 2.14. The zero-order chi connectivity index (χ0) is 22.5. The quantitative estimate of drug-likeness (QED) is 0.492. The Morgan fingerprint density at radius 2 is 1.84 bits per heavy atom. The van der Waals surface area contributed by atoms with Crippen LogP contribution in [0.1, 0.15) is 27.3 Å². The van der Waals surface area contributed by atoms with Gasteiger partial charge < -0.3 is 15.2 Å². The molecule has 0 radical (unpaired) electrons. The fraction of sp³-hybridized carbons (Fsp3) is 0.238. The van der Waals surface area contributed by atoms with Gasteiger partial charge >= 0.3 is 0 Å². The van der Waals surface area contributed by atoms with Gasteiger partial charge in [0.2, 0.25) is 5.91 Å². The lowest BCUT2D eigenvalue weighted by molar-refractivity contribution is -0.113.